The summed E-state index contributed by atoms with van der Waals surface area (Å²) in [5.41, 5.74) is 1.24. The Hall–Kier alpha value is -2.26. The third-order valence-electron chi connectivity index (χ3n) is 3.60. The Kier molecular flexibility index (Phi) is 3.20. The number of aryl methyl sites for hydroxylation is 1. The predicted molar refractivity (Wildman–Crippen MR) is 70.0 cm³/mol. The molecule has 0 spiro atoms. The molecule has 2 heterocycles. The van der Waals surface area contributed by atoms with Gasteiger partial charge >= 0.3 is 0 Å². The third-order valence-corrected chi connectivity index (χ3v) is 3.60. The number of nitrogens with zero attached hydrogens (tertiary/aromatic N) is 5. The second kappa shape index (κ2) is 5.02. The molecule has 1 aromatic carbocycles. The maximum absolute atomic E-state index is 13.1. The highest BCUT2D eigenvalue weighted by Crippen LogP contribution is 2.17. The van der Waals surface area contributed by atoms with Crippen LogP contribution in [0.2, 0.25) is 0 Å². The molecular formula is C14H14FN5. The van der Waals surface area contributed by atoms with Crippen LogP contribution in [0.1, 0.15) is 22.8 Å². The van der Waals surface area contributed by atoms with Gasteiger partial charge in [0.25, 0.3) is 0 Å². The minimum absolute atomic E-state index is 0.376. The van der Waals surface area contributed by atoms with Gasteiger partial charge in [0.2, 0.25) is 0 Å². The van der Waals surface area contributed by atoms with E-state index in [-0.39, 0.29) is 5.82 Å². The van der Waals surface area contributed by atoms with Crippen molar-refractivity contribution in [1.29, 1.82) is 5.26 Å². The van der Waals surface area contributed by atoms with Gasteiger partial charge in [-0.25, -0.2) is 4.39 Å². The largest absolute Gasteiger partial charge is 0.313 e. The molecule has 1 aliphatic rings. The van der Waals surface area contributed by atoms with Gasteiger partial charge in [-0.1, -0.05) is 6.07 Å². The fourth-order valence-corrected chi connectivity index (χ4v) is 2.52. The van der Waals surface area contributed by atoms with Gasteiger partial charge in [-0.15, -0.1) is 10.2 Å². The molecule has 0 bridgehead atoms. The topological polar surface area (TPSA) is 57.7 Å². The van der Waals surface area contributed by atoms with Crippen molar-refractivity contribution in [2.45, 2.75) is 26.6 Å². The lowest BCUT2D eigenvalue weighted by molar-refractivity contribution is 0.207. The van der Waals surface area contributed by atoms with Crippen molar-refractivity contribution < 1.29 is 4.39 Å². The summed E-state index contributed by atoms with van der Waals surface area (Å²) in [4.78, 5) is 2.19. The number of benzene rings is 1. The lowest BCUT2D eigenvalue weighted by Gasteiger charge is -2.27. The summed E-state index contributed by atoms with van der Waals surface area (Å²) in [5, 5.41) is 17.3. The molecule has 0 saturated heterocycles. The second-order valence-corrected chi connectivity index (χ2v) is 4.94. The Balaban J connectivity index is 1.79. The maximum atomic E-state index is 13.1. The first-order valence-electron chi connectivity index (χ1n) is 6.47. The van der Waals surface area contributed by atoms with Gasteiger partial charge in [0.1, 0.15) is 17.5 Å². The third kappa shape index (κ3) is 2.28. The first-order valence-corrected chi connectivity index (χ1v) is 6.47. The standard InChI is InChI=1S/C14H14FN5/c1-10-17-18-14-9-19(4-5-20(10)14)8-11-2-3-13(15)6-12(11)7-16/h2-3,6H,4-5,8-9H2,1H3. The van der Waals surface area contributed by atoms with Gasteiger partial charge in [0, 0.05) is 19.6 Å². The summed E-state index contributed by atoms with van der Waals surface area (Å²) in [6, 6.07) is 6.41. The highest BCUT2D eigenvalue weighted by atomic mass is 19.1. The molecule has 0 unspecified atom stereocenters. The van der Waals surface area contributed by atoms with Crippen molar-refractivity contribution in [3.05, 3.63) is 46.8 Å². The van der Waals surface area contributed by atoms with E-state index in [1.807, 2.05) is 13.0 Å². The summed E-state index contributed by atoms with van der Waals surface area (Å²) in [5.74, 6) is 1.49. The van der Waals surface area contributed by atoms with Gasteiger partial charge in [-0.2, -0.15) is 5.26 Å². The van der Waals surface area contributed by atoms with Gasteiger partial charge in [0.05, 0.1) is 18.2 Å². The molecule has 0 fully saturated rings. The van der Waals surface area contributed by atoms with Crippen LogP contribution in [0.15, 0.2) is 18.2 Å². The predicted octanol–water partition coefficient (Wildman–Crippen LogP) is 1.61. The van der Waals surface area contributed by atoms with Crippen molar-refractivity contribution in [1.82, 2.24) is 19.7 Å². The first-order chi connectivity index (χ1) is 9.67. The maximum Gasteiger partial charge on any atom is 0.147 e. The lowest BCUT2D eigenvalue weighted by Crippen LogP contribution is -2.33. The van der Waals surface area contributed by atoms with Crippen molar-refractivity contribution in [2.24, 2.45) is 0 Å². The minimum Gasteiger partial charge on any atom is -0.313 e. The fourth-order valence-electron chi connectivity index (χ4n) is 2.52. The van der Waals surface area contributed by atoms with Crippen LogP contribution in [0.3, 0.4) is 0 Å². The molecule has 102 valence electrons. The molecule has 1 aromatic heterocycles. The second-order valence-electron chi connectivity index (χ2n) is 4.94. The summed E-state index contributed by atoms with van der Waals surface area (Å²) < 4.78 is 15.2. The van der Waals surface area contributed by atoms with E-state index in [1.165, 1.54) is 12.1 Å². The normalized spacial score (nSPS) is 14.8. The van der Waals surface area contributed by atoms with Crippen LogP contribution in [-0.4, -0.2) is 26.2 Å². The van der Waals surface area contributed by atoms with Crippen molar-refractivity contribution in [2.75, 3.05) is 6.54 Å². The number of hydrogen-bond donors (Lipinski definition) is 0. The molecule has 0 aliphatic carbocycles. The number of rotatable bonds is 2. The molecule has 0 N–H and O–H groups in total. The molecule has 0 amide bonds. The van der Waals surface area contributed by atoms with E-state index in [9.17, 15) is 4.39 Å². The number of nitriles is 1. The quantitative estimate of drug-likeness (QED) is 0.832. The SMILES string of the molecule is Cc1nnc2n1CCN(Cc1ccc(F)cc1C#N)C2. The molecule has 1 aliphatic heterocycles. The van der Waals surface area contributed by atoms with Crippen LogP contribution in [0, 0.1) is 24.1 Å². The highest BCUT2D eigenvalue weighted by molar-refractivity contribution is 5.37. The Bertz CT molecular complexity index is 685. The van der Waals surface area contributed by atoms with Crippen LogP contribution in [0.5, 0.6) is 0 Å². The van der Waals surface area contributed by atoms with E-state index in [2.05, 4.69) is 19.7 Å². The summed E-state index contributed by atoms with van der Waals surface area (Å²) in [6.45, 7) is 4.98. The average molecular weight is 271 g/mol. The molecule has 2 aromatic rings. The zero-order chi connectivity index (χ0) is 14.1. The molecule has 0 saturated carbocycles. The Labute approximate surface area is 116 Å². The van der Waals surface area contributed by atoms with E-state index < -0.39 is 0 Å². The van der Waals surface area contributed by atoms with Crippen molar-refractivity contribution in [3.63, 3.8) is 0 Å². The van der Waals surface area contributed by atoms with Crippen LogP contribution < -0.4 is 0 Å². The van der Waals surface area contributed by atoms with Crippen LogP contribution in [0.4, 0.5) is 4.39 Å². The monoisotopic (exact) mass is 271 g/mol. The molecule has 6 heteroatoms. The van der Waals surface area contributed by atoms with E-state index in [1.54, 1.807) is 6.07 Å². The summed E-state index contributed by atoms with van der Waals surface area (Å²) in [6.07, 6.45) is 0. The van der Waals surface area contributed by atoms with Crippen molar-refractivity contribution >= 4 is 0 Å². The van der Waals surface area contributed by atoms with Crippen LogP contribution in [0.25, 0.3) is 0 Å². The van der Waals surface area contributed by atoms with Crippen LogP contribution in [-0.2, 0) is 19.6 Å². The number of aromatic nitrogens is 3. The van der Waals surface area contributed by atoms with Gasteiger partial charge in [-0.3, -0.25) is 4.90 Å². The fraction of sp³-hybridized carbons (Fsp3) is 0.357. The zero-order valence-electron chi connectivity index (χ0n) is 11.2. The molecule has 0 radical (unpaired) electrons. The Morgan fingerprint density at radius 3 is 3.00 bits per heavy atom. The average Bonchev–Trinajstić information content (AvgIpc) is 2.82. The smallest absolute Gasteiger partial charge is 0.147 e. The number of fused-ring (bicyclic) bond motifs is 1. The van der Waals surface area contributed by atoms with E-state index in [0.717, 1.165) is 30.3 Å². The molecular weight excluding hydrogens is 257 g/mol. The first kappa shape index (κ1) is 12.8. The van der Waals surface area contributed by atoms with E-state index >= 15 is 0 Å². The molecule has 5 nitrogen and oxygen atoms in total. The molecule has 3 rings (SSSR count). The van der Waals surface area contributed by atoms with Crippen LogP contribution >= 0.6 is 0 Å². The molecule has 0 atom stereocenters. The number of halogens is 1. The van der Waals surface area contributed by atoms with Crippen molar-refractivity contribution in [3.8, 4) is 6.07 Å². The Morgan fingerprint density at radius 2 is 2.20 bits per heavy atom. The zero-order valence-corrected chi connectivity index (χ0v) is 11.2. The van der Waals surface area contributed by atoms with Gasteiger partial charge < -0.3 is 4.57 Å². The summed E-state index contributed by atoms with van der Waals surface area (Å²) >= 11 is 0. The summed E-state index contributed by atoms with van der Waals surface area (Å²) in [7, 11) is 0. The van der Waals surface area contributed by atoms with Gasteiger partial charge in [0.15, 0.2) is 0 Å². The highest BCUT2D eigenvalue weighted by Gasteiger charge is 2.20. The minimum atomic E-state index is -0.376. The molecule has 20 heavy (non-hydrogen) atoms. The van der Waals surface area contributed by atoms with E-state index in [4.69, 9.17) is 5.26 Å². The van der Waals surface area contributed by atoms with Gasteiger partial charge in [-0.05, 0) is 24.6 Å². The number of hydrogen-bond acceptors (Lipinski definition) is 4. The lowest BCUT2D eigenvalue weighted by atomic mass is 10.1. The van der Waals surface area contributed by atoms with E-state index in [0.29, 0.717) is 18.7 Å². The Morgan fingerprint density at radius 1 is 1.35 bits per heavy atom.